The zero-order valence-corrected chi connectivity index (χ0v) is 39.7. The Morgan fingerprint density at radius 2 is 0.600 bits per heavy atom. The molecule has 0 spiro atoms. The van der Waals surface area contributed by atoms with Crippen LogP contribution in [-0.2, 0) is 28.6 Å². The first-order valence-electron chi connectivity index (χ1n) is 25.6. The largest absolute Gasteiger partial charge is 0.462 e. The molecule has 0 aliphatic rings. The van der Waals surface area contributed by atoms with E-state index in [-0.39, 0.29) is 31.1 Å². The van der Waals surface area contributed by atoms with Gasteiger partial charge in [-0.3, -0.25) is 14.4 Å². The van der Waals surface area contributed by atoms with Crippen LogP contribution in [-0.4, -0.2) is 37.2 Å². The molecule has 0 saturated carbocycles. The van der Waals surface area contributed by atoms with Gasteiger partial charge in [-0.25, -0.2) is 0 Å². The zero-order valence-electron chi connectivity index (χ0n) is 39.7. The molecule has 0 amide bonds. The summed E-state index contributed by atoms with van der Waals surface area (Å²) in [7, 11) is 0. The van der Waals surface area contributed by atoms with Crippen molar-refractivity contribution in [2.75, 3.05) is 13.2 Å². The van der Waals surface area contributed by atoms with Gasteiger partial charge in [0, 0.05) is 19.3 Å². The lowest BCUT2D eigenvalue weighted by molar-refractivity contribution is -0.167. The molecule has 0 radical (unpaired) electrons. The number of carbonyl (C=O) groups excluding carboxylic acids is 3. The first kappa shape index (κ1) is 57.4. The van der Waals surface area contributed by atoms with Gasteiger partial charge in [-0.05, 0) is 83.5 Å². The van der Waals surface area contributed by atoms with Crippen LogP contribution in [0.1, 0.15) is 258 Å². The lowest BCUT2D eigenvalue weighted by Crippen LogP contribution is -2.30. The van der Waals surface area contributed by atoms with E-state index < -0.39 is 6.10 Å². The number of unbranched alkanes of at least 4 members (excludes halogenated alkanes) is 27. The summed E-state index contributed by atoms with van der Waals surface area (Å²) >= 11 is 0. The van der Waals surface area contributed by atoms with Gasteiger partial charge in [-0.2, -0.15) is 0 Å². The van der Waals surface area contributed by atoms with E-state index in [0.717, 1.165) is 96.3 Å². The third kappa shape index (κ3) is 46.4. The fourth-order valence-electron chi connectivity index (χ4n) is 7.15. The Hall–Kier alpha value is -2.63. The highest BCUT2D eigenvalue weighted by Crippen LogP contribution is 2.14. The molecular weight excluding hydrogens is 745 g/mol. The molecular formula is C54H96O6. The van der Waals surface area contributed by atoms with Crippen LogP contribution in [0.4, 0.5) is 0 Å². The predicted octanol–water partition coefficient (Wildman–Crippen LogP) is 16.7. The van der Waals surface area contributed by atoms with E-state index in [0.29, 0.717) is 19.3 Å². The SMILES string of the molecule is CCCCC/C=C\C/C=C\CCCCCCCCCC(=O)OCC(COC(=O)CCCCCCCCCCCC)OC(=O)CCCCCCC/C=C\C/C=C\CCCCC. The molecule has 0 bridgehead atoms. The van der Waals surface area contributed by atoms with E-state index in [1.165, 1.54) is 122 Å². The maximum absolute atomic E-state index is 12.8. The highest BCUT2D eigenvalue weighted by molar-refractivity contribution is 5.71. The lowest BCUT2D eigenvalue weighted by atomic mass is 10.1. The van der Waals surface area contributed by atoms with Crippen molar-refractivity contribution in [3.8, 4) is 0 Å². The molecule has 1 unspecified atom stereocenters. The van der Waals surface area contributed by atoms with Gasteiger partial charge >= 0.3 is 17.9 Å². The number of allylic oxidation sites excluding steroid dienone is 8. The van der Waals surface area contributed by atoms with E-state index in [9.17, 15) is 14.4 Å². The fourth-order valence-corrected chi connectivity index (χ4v) is 7.15. The molecule has 0 aliphatic heterocycles. The fraction of sp³-hybridized carbons (Fsp3) is 0.796. The molecule has 0 rings (SSSR count). The maximum atomic E-state index is 12.8. The Balaban J connectivity index is 4.37. The van der Waals surface area contributed by atoms with E-state index in [2.05, 4.69) is 69.4 Å². The van der Waals surface area contributed by atoms with Crippen molar-refractivity contribution >= 4 is 17.9 Å². The van der Waals surface area contributed by atoms with Gasteiger partial charge in [-0.1, -0.05) is 204 Å². The molecule has 6 heteroatoms. The summed E-state index contributed by atoms with van der Waals surface area (Å²) in [6, 6.07) is 0. The first-order valence-corrected chi connectivity index (χ1v) is 25.6. The van der Waals surface area contributed by atoms with Crippen LogP contribution < -0.4 is 0 Å². The summed E-state index contributed by atoms with van der Waals surface area (Å²) in [6.45, 7) is 6.56. The normalized spacial score (nSPS) is 12.4. The number of ether oxygens (including phenoxy) is 3. The van der Waals surface area contributed by atoms with E-state index in [4.69, 9.17) is 14.2 Å². The third-order valence-electron chi connectivity index (χ3n) is 11.1. The Morgan fingerprint density at radius 1 is 0.333 bits per heavy atom. The van der Waals surface area contributed by atoms with Crippen LogP contribution in [0.3, 0.4) is 0 Å². The highest BCUT2D eigenvalue weighted by atomic mass is 16.6. The van der Waals surface area contributed by atoms with Crippen molar-refractivity contribution in [1.29, 1.82) is 0 Å². The summed E-state index contributed by atoms with van der Waals surface area (Å²) in [6.07, 6.45) is 58.0. The lowest BCUT2D eigenvalue weighted by Gasteiger charge is -2.18. The average Bonchev–Trinajstić information content (AvgIpc) is 3.24. The standard InChI is InChI=1S/C54H96O6/c1-4-7-10-13-16-19-22-24-26-27-29-30-32-35-38-41-44-47-53(56)59-50-51(49-58-52(55)46-43-40-37-34-21-18-15-12-9-6-3)60-54(57)48-45-42-39-36-33-31-28-25-23-20-17-14-11-8-5-2/h16-17,19-20,24-26,28,51H,4-15,18,21-23,27,29-50H2,1-3H3/b19-16-,20-17-,26-24-,28-25-. The van der Waals surface area contributed by atoms with Crippen LogP contribution in [0.2, 0.25) is 0 Å². The van der Waals surface area contributed by atoms with Gasteiger partial charge in [0.05, 0.1) is 0 Å². The number of carbonyl (C=O) groups is 3. The summed E-state index contributed by atoms with van der Waals surface area (Å²) in [5, 5.41) is 0. The van der Waals surface area contributed by atoms with Crippen molar-refractivity contribution in [3.63, 3.8) is 0 Å². The van der Waals surface area contributed by atoms with Crippen molar-refractivity contribution in [2.45, 2.75) is 264 Å². The molecule has 348 valence electrons. The van der Waals surface area contributed by atoms with Crippen molar-refractivity contribution in [1.82, 2.24) is 0 Å². The number of hydrogen-bond donors (Lipinski definition) is 0. The topological polar surface area (TPSA) is 78.9 Å². The average molecular weight is 841 g/mol. The highest BCUT2D eigenvalue weighted by Gasteiger charge is 2.19. The van der Waals surface area contributed by atoms with Crippen molar-refractivity contribution in [3.05, 3.63) is 48.6 Å². The minimum Gasteiger partial charge on any atom is -0.462 e. The monoisotopic (exact) mass is 841 g/mol. The summed E-state index contributed by atoms with van der Waals surface area (Å²) in [5.41, 5.74) is 0. The minimum atomic E-state index is -0.780. The van der Waals surface area contributed by atoms with Crippen molar-refractivity contribution < 1.29 is 28.6 Å². The summed E-state index contributed by atoms with van der Waals surface area (Å²) < 4.78 is 16.8. The Bertz CT molecular complexity index is 1060. The van der Waals surface area contributed by atoms with Gasteiger partial charge in [0.25, 0.3) is 0 Å². The van der Waals surface area contributed by atoms with Crippen LogP contribution in [0, 0.1) is 0 Å². The van der Waals surface area contributed by atoms with Gasteiger partial charge in [0.15, 0.2) is 6.10 Å². The molecule has 6 nitrogen and oxygen atoms in total. The number of rotatable bonds is 46. The van der Waals surface area contributed by atoms with Crippen molar-refractivity contribution in [2.24, 2.45) is 0 Å². The maximum Gasteiger partial charge on any atom is 0.306 e. The van der Waals surface area contributed by atoms with Gasteiger partial charge < -0.3 is 14.2 Å². The third-order valence-corrected chi connectivity index (χ3v) is 11.1. The first-order chi connectivity index (χ1) is 29.5. The minimum absolute atomic E-state index is 0.0796. The molecule has 0 aromatic heterocycles. The molecule has 0 aliphatic carbocycles. The smallest absolute Gasteiger partial charge is 0.306 e. The van der Waals surface area contributed by atoms with Crippen LogP contribution >= 0.6 is 0 Å². The van der Waals surface area contributed by atoms with Crippen LogP contribution in [0.15, 0.2) is 48.6 Å². The second-order valence-electron chi connectivity index (χ2n) is 17.1. The quantitative estimate of drug-likeness (QED) is 0.0263. The zero-order chi connectivity index (χ0) is 43.7. The van der Waals surface area contributed by atoms with Gasteiger partial charge in [0.1, 0.15) is 13.2 Å². The Kier molecular flexibility index (Phi) is 46.9. The number of hydrogen-bond acceptors (Lipinski definition) is 6. The van der Waals surface area contributed by atoms with E-state index in [1.54, 1.807) is 0 Å². The number of esters is 3. The Labute approximate surface area is 371 Å². The molecule has 0 N–H and O–H groups in total. The van der Waals surface area contributed by atoms with Crippen LogP contribution in [0.25, 0.3) is 0 Å². The summed E-state index contributed by atoms with van der Waals surface area (Å²) in [4.78, 5) is 37.9. The molecule has 0 aromatic rings. The van der Waals surface area contributed by atoms with Gasteiger partial charge in [0.2, 0.25) is 0 Å². The molecule has 0 fully saturated rings. The predicted molar refractivity (Wildman–Crippen MR) is 256 cm³/mol. The molecule has 0 aromatic carbocycles. The van der Waals surface area contributed by atoms with Crippen LogP contribution in [0.5, 0.6) is 0 Å². The Morgan fingerprint density at radius 3 is 0.950 bits per heavy atom. The molecule has 0 saturated heterocycles. The van der Waals surface area contributed by atoms with E-state index in [1.807, 2.05) is 0 Å². The van der Waals surface area contributed by atoms with Gasteiger partial charge in [-0.15, -0.1) is 0 Å². The second-order valence-corrected chi connectivity index (χ2v) is 17.1. The molecule has 1 atom stereocenters. The molecule has 0 heterocycles. The van der Waals surface area contributed by atoms with E-state index >= 15 is 0 Å². The summed E-state index contributed by atoms with van der Waals surface area (Å²) in [5.74, 6) is -0.897. The second kappa shape index (κ2) is 49.0. The molecule has 60 heavy (non-hydrogen) atoms.